The van der Waals surface area contributed by atoms with Gasteiger partial charge in [-0.3, -0.25) is 9.78 Å². The number of carbonyl (C=O) groups is 1. The number of aromatic nitrogens is 1. The Hall–Kier alpha value is -1.46. The van der Waals surface area contributed by atoms with Crippen LogP contribution in [0, 0.1) is 5.41 Å². The third-order valence-corrected chi connectivity index (χ3v) is 4.49. The molecule has 2 rings (SSSR count). The van der Waals surface area contributed by atoms with Crippen molar-refractivity contribution in [1.29, 1.82) is 0 Å². The lowest BCUT2D eigenvalue weighted by molar-refractivity contribution is -0.172. The van der Waals surface area contributed by atoms with E-state index >= 15 is 0 Å². The molecule has 1 aromatic heterocycles. The van der Waals surface area contributed by atoms with Crippen LogP contribution in [0.2, 0.25) is 0 Å². The highest BCUT2D eigenvalue weighted by Gasteiger charge is 2.61. The molecule has 0 spiro atoms. The number of nitrogens with zero attached hydrogens (tertiary/aromatic N) is 1. The first-order valence-electron chi connectivity index (χ1n) is 6.92. The van der Waals surface area contributed by atoms with Crippen LogP contribution in [-0.4, -0.2) is 40.9 Å². The Morgan fingerprint density at radius 3 is 2.85 bits per heavy atom. The topological polar surface area (TPSA) is 71.5 Å². The van der Waals surface area contributed by atoms with Crippen molar-refractivity contribution in [3.8, 4) is 0 Å². The molecule has 5 nitrogen and oxygen atoms in total. The van der Waals surface area contributed by atoms with Gasteiger partial charge in [-0.15, -0.1) is 0 Å². The van der Waals surface area contributed by atoms with Gasteiger partial charge in [0.15, 0.2) is 0 Å². The average Bonchev–Trinajstić information content (AvgIpc) is 2.46. The standard InChI is InChI=1S/C15H22N2O3/c1-4-20-12-8-15(10-18,14(12,2)3)17-13(19)11-6-5-7-16-9-11/h5-7,9,12,18H,4,8,10H2,1-3H3,(H,17,19). The highest BCUT2D eigenvalue weighted by atomic mass is 16.5. The minimum absolute atomic E-state index is 0.0499. The van der Waals surface area contributed by atoms with E-state index in [0.717, 1.165) is 0 Å². The Bertz CT molecular complexity index is 475. The fraction of sp³-hybridized carbons (Fsp3) is 0.600. The molecule has 1 saturated carbocycles. The fourth-order valence-corrected chi connectivity index (χ4v) is 2.79. The second-order valence-corrected chi connectivity index (χ2v) is 5.81. The molecule has 1 aliphatic rings. The number of pyridine rings is 1. The van der Waals surface area contributed by atoms with Crippen molar-refractivity contribution in [3.05, 3.63) is 30.1 Å². The maximum atomic E-state index is 12.3. The Balaban J connectivity index is 2.12. The van der Waals surface area contributed by atoms with Crippen molar-refractivity contribution in [3.63, 3.8) is 0 Å². The Labute approximate surface area is 119 Å². The summed E-state index contributed by atoms with van der Waals surface area (Å²) in [7, 11) is 0. The van der Waals surface area contributed by atoms with E-state index in [-0.39, 0.29) is 24.0 Å². The lowest BCUT2D eigenvalue weighted by Gasteiger charge is -2.60. The zero-order chi connectivity index (χ0) is 14.8. The van der Waals surface area contributed by atoms with Crippen molar-refractivity contribution in [2.24, 2.45) is 5.41 Å². The Morgan fingerprint density at radius 1 is 1.60 bits per heavy atom. The molecule has 1 heterocycles. The normalized spacial score (nSPS) is 27.7. The third kappa shape index (κ3) is 2.31. The number of aliphatic hydroxyl groups is 1. The summed E-state index contributed by atoms with van der Waals surface area (Å²) in [5.41, 5.74) is -0.453. The molecule has 0 saturated heterocycles. The highest BCUT2D eigenvalue weighted by molar-refractivity contribution is 5.94. The molecule has 0 radical (unpaired) electrons. The van der Waals surface area contributed by atoms with Crippen LogP contribution in [0.5, 0.6) is 0 Å². The van der Waals surface area contributed by atoms with E-state index in [0.29, 0.717) is 18.6 Å². The molecule has 110 valence electrons. The minimum atomic E-state index is -0.639. The molecule has 0 bridgehead atoms. The van der Waals surface area contributed by atoms with Crippen molar-refractivity contribution in [2.45, 2.75) is 38.8 Å². The molecule has 1 aliphatic carbocycles. The number of nitrogens with one attached hydrogen (secondary N) is 1. The van der Waals surface area contributed by atoms with Gasteiger partial charge >= 0.3 is 0 Å². The Kier molecular flexibility index (Phi) is 4.11. The SMILES string of the molecule is CCOC1CC(CO)(NC(=O)c2cccnc2)C1(C)C. The van der Waals surface area contributed by atoms with Crippen LogP contribution in [0.15, 0.2) is 24.5 Å². The number of hydrogen-bond donors (Lipinski definition) is 2. The summed E-state index contributed by atoms with van der Waals surface area (Å²) < 4.78 is 5.66. The van der Waals surface area contributed by atoms with Gasteiger partial charge in [-0.25, -0.2) is 0 Å². The van der Waals surface area contributed by atoms with Crippen LogP contribution in [-0.2, 0) is 4.74 Å². The van der Waals surface area contributed by atoms with E-state index in [9.17, 15) is 9.90 Å². The first-order chi connectivity index (χ1) is 9.47. The van der Waals surface area contributed by atoms with E-state index in [1.165, 1.54) is 6.20 Å². The number of carbonyl (C=O) groups excluding carboxylic acids is 1. The summed E-state index contributed by atoms with van der Waals surface area (Å²) in [5.74, 6) is -0.213. The zero-order valence-corrected chi connectivity index (χ0v) is 12.2. The molecular weight excluding hydrogens is 256 g/mol. The summed E-state index contributed by atoms with van der Waals surface area (Å²) in [4.78, 5) is 16.2. The zero-order valence-electron chi connectivity index (χ0n) is 12.2. The second kappa shape index (κ2) is 5.50. The molecule has 1 fully saturated rings. The molecule has 0 aromatic carbocycles. The Morgan fingerprint density at radius 2 is 2.35 bits per heavy atom. The molecular formula is C15H22N2O3. The molecule has 5 heteroatoms. The number of ether oxygens (including phenoxy) is 1. The van der Waals surface area contributed by atoms with E-state index in [1.807, 2.05) is 20.8 Å². The van der Waals surface area contributed by atoms with Gasteiger partial charge in [0.1, 0.15) is 0 Å². The van der Waals surface area contributed by atoms with Crippen molar-refractivity contribution in [2.75, 3.05) is 13.2 Å². The van der Waals surface area contributed by atoms with Crippen LogP contribution in [0.4, 0.5) is 0 Å². The predicted octanol–water partition coefficient (Wildman–Crippen LogP) is 1.38. The number of rotatable bonds is 5. The third-order valence-electron chi connectivity index (χ3n) is 4.49. The maximum absolute atomic E-state index is 12.3. The van der Waals surface area contributed by atoms with E-state index in [1.54, 1.807) is 18.3 Å². The molecule has 20 heavy (non-hydrogen) atoms. The summed E-state index contributed by atoms with van der Waals surface area (Å²) in [6.07, 6.45) is 3.81. The van der Waals surface area contributed by atoms with Gasteiger partial charge in [-0.2, -0.15) is 0 Å². The van der Waals surface area contributed by atoms with Crippen LogP contribution in [0.3, 0.4) is 0 Å². The molecule has 2 N–H and O–H groups in total. The molecule has 1 aromatic rings. The number of aliphatic hydroxyl groups excluding tert-OH is 1. The fourth-order valence-electron chi connectivity index (χ4n) is 2.79. The van der Waals surface area contributed by atoms with Gasteiger partial charge in [-0.05, 0) is 19.1 Å². The lowest BCUT2D eigenvalue weighted by atomic mass is 9.54. The summed E-state index contributed by atoms with van der Waals surface area (Å²) >= 11 is 0. The monoisotopic (exact) mass is 278 g/mol. The molecule has 0 aliphatic heterocycles. The van der Waals surface area contributed by atoms with Crippen molar-refractivity contribution < 1.29 is 14.6 Å². The van der Waals surface area contributed by atoms with Gasteiger partial charge in [0.05, 0.1) is 23.8 Å². The van der Waals surface area contributed by atoms with E-state index in [2.05, 4.69) is 10.3 Å². The summed E-state index contributed by atoms with van der Waals surface area (Å²) in [6, 6.07) is 3.43. The first kappa shape index (κ1) is 14.9. The minimum Gasteiger partial charge on any atom is -0.394 e. The highest BCUT2D eigenvalue weighted by Crippen LogP contribution is 2.51. The lowest BCUT2D eigenvalue weighted by Crippen LogP contribution is -2.74. The van der Waals surface area contributed by atoms with E-state index < -0.39 is 5.54 Å². The first-order valence-corrected chi connectivity index (χ1v) is 6.92. The van der Waals surface area contributed by atoms with Gasteiger partial charge < -0.3 is 15.2 Å². The summed E-state index contributed by atoms with van der Waals surface area (Å²) in [5, 5.41) is 12.7. The van der Waals surface area contributed by atoms with Gasteiger partial charge in [-0.1, -0.05) is 13.8 Å². The maximum Gasteiger partial charge on any atom is 0.253 e. The van der Waals surface area contributed by atoms with Crippen LogP contribution < -0.4 is 5.32 Å². The van der Waals surface area contributed by atoms with Crippen LogP contribution in [0.1, 0.15) is 37.6 Å². The van der Waals surface area contributed by atoms with Crippen LogP contribution in [0.25, 0.3) is 0 Å². The molecule has 2 atom stereocenters. The largest absolute Gasteiger partial charge is 0.394 e. The number of hydrogen-bond acceptors (Lipinski definition) is 4. The number of amides is 1. The average molecular weight is 278 g/mol. The van der Waals surface area contributed by atoms with E-state index in [4.69, 9.17) is 4.74 Å². The van der Waals surface area contributed by atoms with Crippen molar-refractivity contribution >= 4 is 5.91 Å². The van der Waals surface area contributed by atoms with Crippen LogP contribution >= 0.6 is 0 Å². The smallest absolute Gasteiger partial charge is 0.253 e. The van der Waals surface area contributed by atoms with Gasteiger partial charge in [0.2, 0.25) is 0 Å². The van der Waals surface area contributed by atoms with Gasteiger partial charge in [0.25, 0.3) is 5.91 Å². The van der Waals surface area contributed by atoms with Gasteiger partial charge in [0, 0.05) is 30.8 Å². The quantitative estimate of drug-likeness (QED) is 0.853. The second-order valence-electron chi connectivity index (χ2n) is 5.81. The molecule has 1 amide bonds. The summed E-state index contributed by atoms with van der Waals surface area (Å²) in [6.45, 7) is 6.50. The van der Waals surface area contributed by atoms with Crippen molar-refractivity contribution in [1.82, 2.24) is 10.3 Å². The predicted molar refractivity (Wildman–Crippen MR) is 75.3 cm³/mol. The molecule has 2 unspecified atom stereocenters.